The van der Waals surface area contributed by atoms with E-state index in [9.17, 15) is 9.00 Å². The molecule has 0 aliphatic heterocycles. The van der Waals surface area contributed by atoms with Gasteiger partial charge in [-0.3, -0.25) is 9.00 Å². The summed E-state index contributed by atoms with van der Waals surface area (Å²) in [4.78, 5) is 11.9. The van der Waals surface area contributed by atoms with Crippen LogP contribution in [0.25, 0.3) is 0 Å². The summed E-state index contributed by atoms with van der Waals surface area (Å²) in [5, 5.41) is 2.61. The molecule has 6 heteroatoms. The highest BCUT2D eigenvalue weighted by atomic mass is 32.2. The van der Waals surface area contributed by atoms with Crippen molar-refractivity contribution < 1.29 is 13.7 Å². The summed E-state index contributed by atoms with van der Waals surface area (Å²) in [6.07, 6.45) is 0. The third kappa shape index (κ3) is 4.54. The third-order valence-corrected chi connectivity index (χ3v) is 3.44. The van der Waals surface area contributed by atoms with E-state index in [1.165, 1.54) is 0 Å². The Morgan fingerprint density at radius 1 is 1.47 bits per heavy atom. The average Bonchev–Trinajstić information content (AvgIpc) is 2.29. The number of anilines is 1. The second-order valence-electron chi connectivity index (χ2n) is 3.37. The molecular weight excluding hydrogens is 240 g/mol. The van der Waals surface area contributed by atoms with Crippen LogP contribution in [0, 0.1) is 0 Å². The molecular formula is C11H16N2O3S. The zero-order chi connectivity index (χ0) is 12.7. The van der Waals surface area contributed by atoms with Crippen LogP contribution in [0.5, 0.6) is 0 Å². The fourth-order valence-electron chi connectivity index (χ4n) is 1.23. The molecule has 0 saturated carbocycles. The molecule has 0 spiro atoms. The standard InChI is InChI=1S/C11H16N2O3S/c1-16-7-6-13-11(14)8-17(15)10-5-3-2-4-9(10)12/h2-5H,6-8,12H2,1H3,(H,13,14). The van der Waals surface area contributed by atoms with E-state index in [1.54, 1.807) is 31.4 Å². The highest BCUT2D eigenvalue weighted by Gasteiger charge is 2.11. The van der Waals surface area contributed by atoms with E-state index in [2.05, 4.69) is 5.32 Å². The molecule has 1 unspecified atom stereocenters. The average molecular weight is 256 g/mol. The summed E-state index contributed by atoms with van der Waals surface area (Å²) >= 11 is 0. The molecule has 0 aliphatic carbocycles. The van der Waals surface area contributed by atoms with Crippen molar-refractivity contribution in [1.82, 2.24) is 5.32 Å². The van der Waals surface area contributed by atoms with Gasteiger partial charge in [0.2, 0.25) is 5.91 Å². The van der Waals surface area contributed by atoms with Gasteiger partial charge in [-0.2, -0.15) is 0 Å². The first-order chi connectivity index (χ1) is 8.15. The molecule has 1 amide bonds. The number of carbonyl (C=O) groups excluding carboxylic acids is 1. The number of nitrogen functional groups attached to an aromatic ring is 1. The number of amides is 1. The number of carbonyl (C=O) groups is 1. The van der Waals surface area contributed by atoms with Gasteiger partial charge in [-0.1, -0.05) is 12.1 Å². The van der Waals surface area contributed by atoms with Gasteiger partial charge in [-0.25, -0.2) is 0 Å². The number of benzene rings is 1. The van der Waals surface area contributed by atoms with Crippen molar-refractivity contribution >= 4 is 22.4 Å². The minimum Gasteiger partial charge on any atom is -0.398 e. The zero-order valence-electron chi connectivity index (χ0n) is 9.64. The monoisotopic (exact) mass is 256 g/mol. The van der Waals surface area contributed by atoms with Crippen LogP contribution in [-0.2, 0) is 20.3 Å². The number of nitrogens with two attached hydrogens (primary N) is 1. The lowest BCUT2D eigenvalue weighted by Crippen LogP contribution is -2.31. The van der Waals surface area contributed by atoms with E-state index in [4.69, 9.17) is 10.5 Å². The fourth-order valence-corrected chi connectivity index (χ4v) is 2.29. The topological polar surface area (TPSA) is 81.4 Å². The van der Waals surface area contributed by atoms with Gasteiger partial charge in [-0.15, -0.1) is 0 Å². The summed E-state index contributed by atoms with van der Waals surface area (Å²) in [5.74, 6) is -0.360. The van der Waals surface area contributed by atoms with Crippen molar-refractivity contribution in [2.75, 3.05) is 31.7 Å². The third-order valence-electron chi connectivity index (χ3n) is 2.05. The maximum absolute atomic E-state index is 11.8. The van der Waals surface area contributed by atoms with E-state index in [1.807, 2.05) is 0 Å². The molecule has 0 fully saturated rings. The number of hydrogen-bond donors (Lipinski definition) is 2. The lowest BCUT2D eigenvalue weighted by Gasteiger charge is -2.06. The van der Waals surface area contributed by atoms with E-state index >= 15 is 0 Å². The van der Waals surface area contributed by atoms with E-state index < -0.39 is 10.8 Å². The van der Waals surface area contributed by atoms with Crippen LogP contribution < -0.4 is 11.1 Å². The minimum absolute atomic E-state index is 0.0854. The number of para-hydroxylation sites is 1. The lowest BCUT2D eigenvalue weighted by molar-refractivity contribution is -0.118. The molecule has 1 aromatic rings. The van der Waals surface area contributed by atoms with Crippen molar-refractivity contribution in [2.24, 2.45) is 0 Å². The van der Waals surface area contributed by atoms with Crippen LogP contribution in [0.3, 0.4) is 0 Å². The van der Waals surface area contributed by atoms with Crippen LogP contribution in [-0.4, -0.2) is 36.1 Å². The molecule has 94 valence electrons. The highest BCUT2D eigenvalue weighted by Crippen LogP contribution is 2.15. The summed E-state index contributed by atoms with van der Waals surface area (Å²) in [6, 6.07) is 6.82. The Labute approximate surface area is 103 Å². The molecule has 1 atom stereocenters. The van der Waals surface area contributed by atoms with Gasteiger partial charge >= 0.3 is 0 Å². The first-order valence-electron chi connectivity index (χ1n) is 5.13. The number of hydrogen-bond acceptors (Lipinski definition) is 4. The number of ether oxygens (including phenoxy) is 1. The Morgan fingerprint density at radius 2 is 2.18 bits per heavy atom. The van der Waals surface area contributed by atoms with Crippen molar-refractivity contribution in [3.8, 4) is 0 Å². The van der Waals surface area contributed by atoms with Crippen molar-refractivity contribution in [2.45, 2.75) is 4.90 Å². The molecule has 0 saturated heterocycles. The number of nitrogens with one attached hydrogen (secondary N) is 1. The molecule has 0 bridgehead atoms. The Kier molecular flexibility index (Phi) is 5.65. The normalized spacial score (nSPS) is 12.1. The molecule has 0 aliphatic rings. The maximum Gasteiger partial charge on any atom is 0.233 e. The van der Waals surface area contributed by atoms with E-state index in [0.29, 0.717) is 23.7 Å². The Morgan fingerprint density at radius 3 is 2.82 bits per heavy atom. The molecule has 1 rings (SSSR count). The van der Waals surface area contributed by atoms with Gasteiger partial charge in [0.15, 0.2) is 0 Å². The summed E-state index contributed by atoms with van der Waals surface area (Å²) in [6.45, 7) is 0.850. The molecule has 3 N–H and O–H groups in total. The number of methoxy groups -OCH3 is 1. The van der Waals surface area contributed by atoms with Gasteiger partial charge in [0.05, 0.1) is 22.3 Å². The van der Waals surface area contributed by atoms with Crippen molar-refractivity contribution in [1.29, 1.82) is 0 Å². The van der Waals surface area contributed by atoms with Gasteiger partial charge in [0.25, 0.3) is 0 Å². The van der Waals surface area contributed by atoms with Gasteiger partial charge < -0.3 is 15.8 Å². The summed E-state index contributed by atoms with van der Waals surface area (Å²) in [7, 11) is 0.142. The van der Waals surface area contributed by atoms with Crippen molar-refractivity contribution in [3.63, 3.8) is 0 Å². The maximum atomic E-state index is 11.8. The predicted molar refractivity (Wildman–Crippen MR) is 67.0 cm³/mol. The largest absolute Gasteiger partial charge is 0.398 e. The fraction of sp³-hybridized carbons (Fsp3) is 0.364. The van der Waals surface area contributed by atoms with Crippen LogP contribution in [0.4, 0.5) is 5.69 Å². The molecule has 0 heterocycles. The molecule has 0 radical (unpaired) electrons. The lowest BCUT2D eigenvalue weighted by atomic mass is 10.3. The van der Waals surface area contributed by atoms with Crippen LogP contribution in [0.2, 0.25) is 0 Å². The second kappa shape index (κ2) is 7.03. The van der Waals surface area contributed by atoms with Gasteiger partial charge in [0.1, 0.15) is 5.75 Å². The number of rotatable bonds is 6. The highest BCUT2D eigenvalue weighted by molar-refractivity contribution is 7.86. The Balaban J connectivity index is 2.49. The second-order valence-corrected chi connectivity index (χ2v) is 4.79. The SMILES string of the molecule is COCCNC(=O)CS(=O)c1ccccc1N. The zero-order valence-corrected chi connectivity index (χ0v) is 10.5. The van der Waals surface area contributed by atoms with E-state index in [-0.39, 0.29) is 11.7 Å². The molecule has 17 heavy (non-hydrogen) atoms. The Hall–Kier alpha value is -1.40. The molecule has 1 aromatic carbocycles. The minimum atomic E-state index is -1.41. The smallest absolute Gasteiger partial charge is 0.233 e. The van der Waals surface area contributed by atoms with Crippen LogP contribution in [0.15, 0.2) is 29.2 Å². The quantitative estimate of drug-likeness (QED) is 0.560. The molecule has 5 nitrogen and oxygen atoms in total. The Bertz CT molecular complexity index is 409. The predicted octanol–water partition coefficient (Wildman–Crippen LogP) is 0.139. The van der Waals surface area contributed by atoms with E-state index in [0.717, 1.165) is 0 Å². The van der Waals surface area contributed by atoms with Crippen LogP contribution >= 0.6 is 0 Å². The van der Waals surface area contributed by atoms with Gasteiger partial charge in [0, 0.05) is 19.3 Å². The van der Waals surface area contributed by atoms with Crippen molar-refractivity contribution in [3.05, 3.63) is 24.3 Å². The van der Waals surface area contributed by atoms with Crippen LogP contribution in [0.1, 0.15) is 0 Å². The van der Waals surface area contributed by atoms with Gasteiger partial charge in [-0.05, 0) is 12.1 Å². The first-order valence-corrected chi connectivity index (χ1v) is 6.45. The molecule has 0 aromatic heterocycles. The summed E-state index contributed by atoms with van der Waals surface area (Å²) in [5.41, 5.74) is 6.11. The first kappa shape index (κ1) is 13.7. The summed E-state index contributed by atoms with van der Waals surface area (Å²) < 4.78 is 16.6.